The zero-order valence-corrected chi connectivity index (χ0v) is 14.7. The van der Waals surface area contributed by atoms with Crippen LogP contribution in [-0.2, 0) is 11.3 Å². The lowest BCUT2D eigenvalue weighted by atomic mass is 9.95. The van der Waals surface area contributed by atoms with Crippen molar-refractivity contribution in [2.75, 3.05) is 6.54 Å². The fourth-order valence-corrected chi connectivity index (χ4v) is 3.44. The largest absolute Gasteiger partial charge is 0.353 e. The van der Waals surface area contributed by atoms with Gasteiger partial charge in [-0.3, -0.25) is 9.59 Å². The van der Waals surface area contributed by atoms with E-state index in [2.05, 4.69) is 15.3 Å². The Balaban J connectivity index is 1.96. The first-order valence-electron chi connectivity index (χ1n) is 8.05. The summed E-state index contributed by atoms with van der Waals surface area (Å²) in [5.41, 5.74) is 1.88. The molecule has 1 aliphatic rings. The molecule has 2 aromatic rings. The van der Waals surface area contributed by atoms with Crippen molar-refractivity contribution in [2.24, 2.45) is 5.92 Å². The van der Waals surface area contributed by atoms with E-state index in [4.69, 9.17) is 16.9 Å². The average molecular weight is 360 g/mol. The molecule has 25 heavy (non-hydrogen) atoms. The molecule has 0 bridgehead atoms. The normalized spacial score (nSPS) is 14.7. The van der Waals surface area contributed by atoms with Crippen molar-refractivity contribution in [3.05, 3.63) is 28.5 Å². The summed E-state index contributed by atoms with van der Waals surface area (Å²) in [5, 5.41) is 12.6. The number of nitrogens with zero attached hydrogens (tertiary/aromatic N) is 3. The monoisotopic (exact) mass is 359 g/mol. The van der Waals surface area contributed by atoms with Crippen molar-refractivity contribution in [1.82, 2.24) is 20.2 Å². The predicted octanol–water partition coefficient (Wildman–Crippen LogP) is 2.23. The quantitative estimate of drug-likeness (QED) is 0.799. The average Bonchev–Trinajstić information content (AvgIpc) is 2.99. The number of aromatic nitrogens is 2. The van der Waals surface area contributed by atoms with Gasteiger partial charge in [0.25, 0.3) is 5.91 Å². The maximum atomic E-state index is 13.0. The number of nitrogens with one attached hydrogen (secondary N) is 2. The third-order valence-corrected chi connectivity index (χ3v) is 4.67. The first-order chi connectivity index (χ1) is 12.0. The van der Waals surface area contributed by atoms with Crippen LogP contribution in [0, 0.1) is 17.2 Å². The summed E-state index contributed by atoms with van der Waals surface area (Å²) in [6, 6.07) is 1.34. The van der Waals surface area contributed by atoms with Crippen LogP contribution in [0.2, 0.25) is 5.02 Å². The molecule has 3 rings (SSSR count). The van der Waals surface area contributed by atoms with Crippen LogP contribution in [0.1, 0.15) is 36.2 Å². The molecule has 0 radical (unpaired) electrons. The molecule has 1 atom stereocenters. The summed E-state index contributed by atoms with van der Waals surface area (Å²) in [4.78, 5) is 34.3. The molecule has 0 fully saturated rings. The van der Waals surface area contributed by atoms with Crippen molar-refractivity contribution in [3.8, 4) is 6.07 Å². The highest BCUT2D eigenvalue weighted by molar-refractivity contribution is 6.32. The number of halogens is 1. The fraction of sp³-hybridized carbons (Fsp3) is 0.412. The molecule has 0 aromatic carbocycles. The second-order valence-electron chi connectivity index (χ2n) is 6.33. The number of rotatable bonds is 5. The fourth-order valence-electron chi connectivity index (χ4n) is 3.23. The summed E-state index contributed by atoms with van der Waals surface area (Å²) >= 11 is 6.29. The molecular formula is C17H18ClN5O2. The van der Waals surface area contributed by atoms with Gasteiger partial charge in [-0.1, -0.05) is 25.4 Å². The van der Waals surface area contributed by atoms with Gasteiger partial charge >= 0.3 is 0 Å². The van der Waals surface area contributed by atoms with Crippen molar-refractivity contribution in [1.29, 1.82) is 5.26 Å². The lowest BCUT2D eigenvalue weighted by molar-refractivity contribution is -0.127. The predicted molar refractivity (Wildman–Crippen MR) is 92.8 cm³/mol. The van der Waals surface area contributed by atoms with Crippen LogP contribution in [-0.4, -0.2) is 39.3 Å². The first-order valence-corrected chi connectivity index (χ1v) is 8.43. The first kappa shape index (κ1) is 17.2. The van der Waals surface area contributed by atoms with Gasteiger partial charge in [-0.2, -0.15) is 5.26 Å². The van der Waals surface area contributed by atoms with Crippen LogP contribution >= 0.6 is 11.6 Å². The van der Waals surface area contributed by atoms with E-state index >= 15 is 0 Å². The SMILES string of the molecule is CC(C)C(C(=O)NCCC#N)N1Cc2c(Cl)cnc3[nH]cc(c23)C1=O. The highest BCUT2D eigenvalue weighted by Gasteiger charge is 2.38. The molecule has 1 unspecified atom stereocenters. The second-order valence-corrected chi connectivity index (χ2v) is 6.74. The van der Waals surface area contributed by atoms with Gasteiger partial charge in [0, 0.05) is 36.4 Å². The summed E-state index contributed by atoms with van der Waals surface area (Å²) in [5.74, 6) is -0.585. The van der Waals surface area contributed by atoms with E-state index in [1.165, 1.54) is 0 Å². The number of hydrogen-bond acceptors (Lipinski definition) is 4. The van der Waals surface area contributed by atoms with Gasteiger partial charge in [-0.15, -0.1) is 0 Å². The van der Waals surface area contributed by atoms with Gasteiger partial charge in [0.15, 0.2) is 0 Å². The number of pyridine rings is 1. The number of hydrogen-bond donors (Lipinski definition) is 2. The zero-order valence-electron chi connectivity index (χ0n) is 14.0. The molecule has 0 aliphatic carbocycles. The molecule has 1 aliphatic heterocycles. The van der Waals surface area contributed by atoms with Crippen LogP contribution in [0.5, 0.6) is 0 Å². The van der Waals surface area contributed by atoms with E-state index in [-0.39, 0.29) is 37.2 Å². The van der Waals surface area contributed by atoms with Crippen LogP contribution in [0.3, 0.4) is 0 Å². The topological polar surface area (TPSA) is 102 Å². The summed E-state index contributed by atoms with van der Waals surface area (Å²) in [6.07, 6.45) is 3.38. The van der Waals surface area contributed by atoms with Crippen molar-refractivity contribution < 1.29 is 9.59 Å². The molecule has 0 spiro atoms. The lowest BCUT2D eigenvalue weighted by Crippen LogP contribution is -2.53. The standard InChI is InChI=1S/C17H18ClN5O2/c1-9(2)14(16(24)20-5-3-4-19)23-8-11-12(18)7-22-15-13(11)10(6-21-15)17(23)25/h6-7,9,14H,3,5,8H2,1-2H3,(H,20,24)(H,21,22). The minimum Gasteiger partial charge on any atom is -0.353 e. The summed E-state index contributed by atoms with van der Waals surface area (Å²) in [6.45, 7) is 4.28. The molecule has 2 aromatic heterocycles. The molecular weight excluding hydrogens is 342 g/mol. The van der Waals surface area contributed by atoms with E-state index < -0.39 is 6.04 Å². The van der Waals surface area contributed by atoms with E-state index in [1.54, 1.807) is 17.3 Å². The van der Waals surface area contributed by atoms with Gasteiger partial charge in [0.05, 0.1) is 23.1 Å². The van der Waals surface area contributed by atoms with Gasteiger partial charge in [0.2, 0.25) is 5.91 Å². The van der Waals surface area contributed by atoms with Gasteiger partial charge in [-0.05, 0) is 5.92 Å². The van der Waals surface area contributed by atoms with Gasteiger partial charge in [-0.25, -0.2) is 4.98 Å². The highest BCUT2D eigenvalue weighted by atomic mass is 35.5. The zero-order chi connectivity index (χ0) is 18.1. The maximum absolute atomic E-state index is 13.0. The number of aromatic amines is 1. The number of H-pyrrole nitrogens is 1. The molecule has 2 amide bonds. The van der Waals surface area contributed by atoms with Crippen LogP contribution in [0.15, 0.2) is 12.4 Å². The van der Waals surface area contributed by atoms with Crippen molar-refractivity contribution >= 4 is 34.4 Å². The molecule has 130 valence electrons. The second kappa shape index (κ2) is 6.73. The molecule has 7 nitrogen and oxygen atoms in total. The van der Waals surface area contributed by atoms with Crippen LogP contribution < -0.4 is 5.32 Å². The third kappa shape index (κ3) is 2.94. The number of carbonyl (C=O) groups excluding carboxylic acids is 2. The molecule has 0 saturated heterocycles. The van der Waals surface area contributed by atoms with Crippen molar-refractivity contribution in [2.45, 2.75) is 32.9 Å². The molecule has 0 saturated carbocycles. The Morgan fingerprint density at radius 3 is 3.00 bits per heavy atom. The van der Waals surface area contributed by atoms with E-state index in [1.807, 2.05) is 19.9 Å². The van der Waals surface area contributed by atoms with Gasteiger partial charge < -0.3 is 15.2 Å². The number of nitriles is 1. The minimum absolute atomic E-state index is 0.0948. The number of carbonyl (C=O) groups is 2. The minimum atomic E-state index is -0.645. The summed E-state index contributed by atoms with van der Waals surface area (Å²) < 4.78 is 0. The number of amides is 2. The van der Waals surface area contributed by atoms with Crippen LogP contribution in [0.4, 0.5) is 0 Å². The molecule has 2 N–H and O–H groups in total. The lowest BCUT2D eigenvalue weighted by Gasteiger charge is -2.36. The van der Waals surface area contributed by atoms with E-state index in [0.717, 1.165) is 10.9 Å². The Bertz CT molecular complexity index is 883. The molecule has 3 heterocycles. The molecule has 8 heteroatoms. The summed E-state index contributed by atoms with van der Waals surface area (Å²) in [7, 11) is 0. The third-order valence-electron chi connectivity index (χ3n) is 4.35. The maximum Gasteiger partial charge on any atom is 0.257 e. The Labute approximate surface area is 150 Å². The smallest absolute Gasteiger partial charge is 0.257 e. The highest BCUT2D eigenvalue weighted by Crippen LogP contribution is 2.34. The Morgan fingerprint density at radius 2 is 2.32 bits per heavy atom. The Hall–Kier alpha value is -2.59. The van der Waals surface area contributed by atoms with Crippen LogP contribution in [0.25, 0.3) is 11.0 Å². The van der Waals surface area contributed by atoms with E-state index in [0.29, 0.717) is 16.2 Å². The Kier molecular flexibility index (Phi) is 4.64. The Morgan fingerprint density at radius 1 is 1.56 bits per heavy atom. The van der Waals surface area contributed by atoms with Gasteiger partial charge in [0.1, 0.15) is 11.7 Å². The van der Waals surface area contributed by atoms with Crippen molar-refractivity contribution in [3.63, 3.8) is 0 Å². The van der Waals surface area contributed by atoms with E-state index in [9.17, 15) is 9.59 Å².